The van der Waals surface area contributed by atoms with E-state index in [0.29, 0.717) is 11.4 Å². The summed E-state index contributed by atoms with van der Waals surface area (Å²) >= 11 is 11.9. The normalized spacial score (nSPS) is 13.0. The zero-order chi connectivity index (χ0) is 18.8. The Morgan fingerprint density at radius 3 is 2.73 bits per heavy atom. The lowest BCUT2D eigenvalue weighted by Crippen LogP contribution is -2.43. The van der Waals surface area contributed by atoms with E-state index in [9.17, 15) is 14.4 Å². The van der Waals surface area contributed by atoms with Crippen molar-refractivity contribution in [2.75, 3.05) is 23.4 Å². The number of carbonyl (C=O) groups excluding carboxylic acids is 2. The van der Waals surface area contributed by atoms with Crippen LogP contribution in [0.3, 0.4) is 0 Å². The largest absolute Gasteiger partial charge is 0.482 e. The predicted octanol–water partition coefficient (Wildman–Crippen LogP) is 3.06. The first-order valence-corrected chi connectivity index (χ1v) is 8.17. The first kappa shape index (κ1) is 18.0. The Hall–Kier alpha value is -2.77. The van der Waals surface area contributed by atoms with Gasteiger partial charge >= 0.3 is 5.97 Å². The number of aromatic carboxylic acids is 1. The van der Waals surface area contributed by atoms with Crippen LogP contribution in [0.1, 0.15) is 10.4 Å². The second-order valence-electron chi connectivity index (χ2n) is 5.41. The number of rotatable bonds is 4. The third kappa shape index (κ3) is 3.58. The zero-order valence-electron chi connectivity index (χ0n) is 13.2. The molecule has 26 heavy (non-hydrogen) atoms. The summed E-state index contributed by atoms with van der Waals surface area (Å²) < 4.78 is 5.28. The van der Waals surface area contributed by atoms with Gasteiger partial charge in [-0.25, -0.2) is 4.79 Å². The van der Waals surface area contributed by atoms with E-state index in [-0.39, 0.29) is 34.4 Å². The molecule has 2 aromatic rings. The van der Waals surface area contributed by atoms with Gasteiger partial charge in [-0.15, -0.1) is 0 Å². The van der Waals surface area contributed by atoms with Crippen LogP contribution in [0, 0.1) is 0 Å². The Labute approximate surface area is 158 Å². The van der Waals surface area contributed by atoms with E-state index in [2.05, 4.69) is 5.32 Å². The molecule has 7 nitrogen and oxygen atoms in total. The lowest BCUT2D eigenvalue weighted by Gasteiger charge is -2.29. The maximum atomic E-state index is 12.4. The van der Waals surface area contributed by atoms with Crippen molar-refractivity contribution in [1.82, 2.24) is 0 Å². The zero-order valence-corrected chi connectivity index (χ0v) is 14.7. The molecule has 0 saturated heterocycles. The SMILES string of the molecule is O=C(CN1C(=O)COc2ccc(C(=O)O)cc21)Nc1cccc(Cl)c1Cl. The molecule has 2 aromatic carbocycles. The molecule has 2 N–H and O–H groups in total. The summed E-state index contributed by atoms with van der Waals surface area (Å²) in [6, 6.07) is 8.87. The Morgan fingerprint density at radius 2 is 2.00 bits per heavy atom. The highest BCUT2D eigenvalue weighted by atomic mass is 35.5. The molecule has 0 aliphatic carbocycles. The fraction of sp³-hybridized carbons (Fsp3) is 0.118. The van der Waals surface area contributed by atoms with Crippen molar-refractivity contribution in [1.29, 1.82) is 0 Å². The number of carboxylic acid groups (broad SMARTS) is 1. The number of carboxylic acids is 1. The summed E-state index contributed by atoms with van der Waals surface area (Å²) in [5.41, 5.74) is 0.503. The van der Waals surface area contributed by atoms with Gasteiger partial charge in [0, 0.05) is 0 Å². The van der Waals surface area contributed by atoms with E-state index in [0.717, 1.165) is 0 Å². The van der Waals surface area contributed by atoms with Crippen LogP contribution in [-0.4, -0.2) is 36.0 Å². The minimum absolute atomic E-state index is 0.0228. The van der Waals surface area contributed by atoms with Crippen molar-refractivity contribution in [2.45, 2.75) is 0 Å². The van der Waals surface area contributed by atoms with Crippen molar-refractivity contribution in [3.05, 3.63) is 52.0 Å². The van der Waals surface area contributed by atoms with Gasteiger partial charge < -0.3 is 15.2 Å². The quantitative estimate of drug-likeness (QED) is 0.830. The van der Waals surface area contributed by atoms with Crippen molar-refractivity contribution >= 4 is 52.4 Å². The highest BCUT2D eigenvalue weighted by Crippen LogP contribution is 2.33. The summed E-state index contributed by atoms with van der Waals surface area (Å²) in [4.78, 5) is 36.9. The average molecular weight is 395 g/mol. The number of nitrogens with zero attached hydrogens (tertiary/aromatic N) is 1. The predicted molar refractivity (Wildman–Crippen MR) is 96.3 cm³/mol. The Bertz CT molecular complexity index is 916. The monoisotopic (exact) mass is 394 g/mol. The van der Waals surface area contributed by atoms with Crippen LogP contribution >= 0.6 is 23.2 Å². The third-order valence-corrected chi connectivity index (χ3v) is 4.50. The Morgan fingerprint density at radius 1 is 1.23 bits per heavy atom. The van der Waals surface area contributed by atoms with Gasteiger partial charge in [-0.1, -0.05) is 29.3 Å². The van der Waals surface area contributed by atoms with Crippen LogP contribution in [0.2, 0.25) is 10.0 Å². The van der Waals surface area contributed by atoms with Crippen LogP contribution in [0.25, 0.3) is 0 Å². The van der Waals surface area contributed by atoms with Crippen LogP contribution in [-0.2, 0) is 9.59 Å². The number of hydrogen-bond donors (Lipinski definition) is 2. The Kier molecular flexibility index (Phi) is 5.01. The highest BCUT2D eigenvalue weighted by Gasteiger charge is 2.28. The molecule has 0 atom stereocenters. The molecule has 1 heterocycles. The minimum Gasteiger partial charge on any atom is -0.482 e. The molecular formula is C17H12Cl2N2O5. The molecule has 0 aromatic heterocycles. The van der Waals surface area contributed by atoms with Gasteiger partial charge in [0.05, 0.1) is 27.0 Å². The fourth-order valence-electron chi connectivity index (χ4n) is 2.44. The summed E-state index contributed by atoms with van der Waals surface area (Å²) in [6.45, 7) is -0.578. The number of hydrogen-bond acceptors (Lipinski definition) is 4. The van der Waals surface area contributed by atoms with Crippen LogP contribution in [0.15, 0.2) is 36.4 Å². The van der Waals surface area contributed by atoms with Crippen molar-refractivity contribution in [2.24, 2.45) is 0 Å². The topological polar surface area (TPSA) is 95.9 Å². The van der Waals surface area contributed by atoms with E-state index in [4.69, 9.17) is 33.0 Å². The number of halogens is 2. The van der Waals surface area contributed by atoms with Crippen molar-refractivity contribution in [3.63, 3.8) is 0 Å². The van der Waals surface area contributed by atoms with E-state index in [1.54, 1.807) is 18.2 Å². The van der Waals surface area contributed by atoms with Gasteiger partial charge in [-0.05, 0) is 30.3 Å². The minimum atomic E-state index is -1.15. The molecule has 134 valence electrons. The smallest absolute Gasteiger partial charge is 0.335 e. The number of benzene rings is 2. The highest BCUT2D eigenvalue weighted by molar-refractivity contribution is 6.44. The average Bonchev–Trinajstić information content (AvgIpc) is 2.61. The number of carbonyl (C=O) groups is 3. The maximum Gasteiger partial charge on any atom is 0.335 e. The second-order valence-corrected chi connectivity index (χ2v) is 6.19. The Balaban J connectivity index is 1.84. The lowest BCUT2D eigenvalue weighted by atomic mass is 10.1. The van der Waals surface area contributed by atoms with Gasteiger partial charge in [0.15, 0.2) is 6.61 Å². The van der Waals surface area contributed by atoms with Crippen molar-refractivity contribution in [3.8, 4) is 5.75 Å². The molecule has 2 amide bonds. The number of ether oxygens (including phenoxy) is 1. The van der Waals surface area contributed by atoms with Crippen molar-refractivity contribution < 1.29 is 24.2 Å². The number of amides is 2. The standard InChI is InChI=1S/C17H12Cl2N2O5/c18-10-2-1-3-11(16(10)19)20-14(22)7-21-12-6-9(17(24)25)4-5-13(12)26-8-15(21)23/h1-6H,7-8H2,(H,20,22)(H,24,25). The number of nitrogens with one attached hydrogen (secondary N) is 1. The van der Waals surface area contributed by atoms with E-state index in [1.165, 1.54) is 23.1 Å². The first-order chi connectivity index (χ1) is 12.4. The molecule has 9 heteroatoms. The van der Waals surface area contributed by atoms with Crippen LogP contribution in [0.5, 0.6) is 5.75 Å². The van der Waals surface area contributed by atoms with E-state index < -0.39 is 17.8 Å². The summed E-state index contributed by atoms with van der Waals surface area (Å²) in [7, 11) is 0. The third-order valence-electron chi connectivity index (χ3n) is 3.68. The molecule has 0 bridgehead atoms. The summed E-state index contributed by atoms with van der Waals surface area (Å²) in [5.74, 6) is -1.81. The summed E-state index contributed by atoms with van der Waals surface area (Å²) in [6.07, 6.45) is 0. The fourth-order valence-corrected chi connectivity index (χ4v) is 2.79. The van der Waals surface area contributed by atoms with E-state index >= 15 is 0 Å². The number of anilines is 2. The molecule has 1 aliphatic rings. The number of fused-ring (bicyclic) bond motifs is 1. The summed E-state index contributed by atoms with van der Waals surface area (Å²) in [5, 5.41) is 12.2. The second kappa shape index (κ2) is 7.23. The van der Waals surface area contributed by atoms with Crippen LogP contribution in [0.4, 0.5) is 11.4 Å². The van der Waals surface area contributed by atoms with Crippen LogP contribution < -0.4 is 15.0 Å². The molecule has 3 rings (SSSR count). The van der Waals surface area contributed by atoms with Gasteiger partial charge in [-0.3, -0.25) is 14.5 Å². The van der Waals surface area contributed by atoms with E-state index in [1.807, 2.05) is 0 Å². The molecule has 0 fully saturated rings. The maximum absolute atomic E-state index is 12.4. The van der Waals surface area contributed by atoms with Gasteiger partial charge in [0.1, 0.15) is 12.3 Å². The molecule has 0 spiro atoms. The first-order valence-electron chi connectivity index (χ1n) is 7.41. The molecule has 0 radical (unpaired) electrons. The van der Waals surface area contributed by atoms with Gasteiger partial charge in [0.25, 0.3) is 5.91 Å². The van der Waals surface area contributed by atoms with Gasteiger partial charge in [-0.2, -0.15) is 0 Å². The lowest BCUT2D eigenvalue weighted by molar-refractivity contribution is -0.123. The molecular weight excluding hydrogens is 383 g/mol. The molecule has 0 saturated carbocycles. The molecule has 0 unspecified atom stereocenters. The van der Waals surface area contributed by atoms with Gasteiger partial charge in [0.2, 0.25) is 5.91 Å². The molecule has 1 aliphatic heterocycles.